The van der Waals surface area contributed by atoms with Crippen molar-refractivity contribution < 1.29 is 27.9 Å². The molecule has 0 bridgehead atoms. The van der Waals surface area contributed by atoms with Crippen molar-refractivity contribution in [2.24, 2.45) is 0 Å². The number of nitrogens with one attached hydrogen (secondary N) is 1. The van der Waals surface area contributed by atoms with Crippen LogP contribution in [0.5, 0.6) is 5.75 Å². The van der Waals surface area contributed by atoms with E-state index in [9.17, 15) is 14.0 Å². The number of aromatic nitrogens is 1. The molecule has 116 valence electrons. The first kappa shape index (κ1) is 15.5. The molecule has 0 radical (unpaired) electrons. The van der Waals surface area contributed by atoms with Gasteiger partial charge < -0.3 is 19.2 Å². The van der Waals surface area contributed by atoms with E-state index in [1.165, 1.54) is 31.4 Å². The maximum absolute atomic E-state index is 12.7. The van der Waals surface area contributed by atoms with E-state index in [1.54, 1.807) is 0 Å². The molecule has 0 atom stereocenters. The predicted octanol–water partition coefficient (Wildman–Crippen LogP) is 1.30. The van der Waals surface area contributed by atoms with E-state index >= 15 is 0 Å². The number of esters is 1. The number of carbonyl (C=O) groups excluding carboxylic acids is 2. The van der Waals surface area contributed by atoms with Crippen LogP contribution in [0.2, 0.25) is 0 Å². The Morgan fingerprint density at radius 2 is 2.05 bits per heavy atom. The first-order chi connectivity index (χ1) is 10.6. The largest absolute Gasteiger partial charge is 0.484 e. The summed E-state index contributed by atoms with van der Waals surface area (Å²) in [7, 11) is 1.22. The quantitative estimate of drug-likeness (QED) is 0.809. The zero-order valence-electron chi connectivity index (χ0n) is 11.7. The Hall–Kier alpha value is -2.90. The summed E-state index contributed by atoms with van der Waals surface area (Å²) in [5.41, 5.74) is 0.0154. The lowest BCUT2D eigenvalue weighted by atomic mass is 10.3. The number of oxazole rings is 1. The van der Waals surface area contributed by atoms with Crippen molar-refractivity contribution in [1.29, 1.82) is 0 Å². The van der Waals surface area contributed by atoms with E-state index in [2.05, 4.69) is 15.0 Å². The first-order valence-corrected chi connectivity index (χ1v) is 6.26. The highest BCUT2D eigenvalue weighted by Gasteiger charge is 2.13. The van der Waals surface area contributed by atoms with Gasteiger partial charge in [0.2, 0.25) is 5.89 Å². The van der Waals surface area contributed by atoms with Crippen LogP contribution >= 0.6 is 0 Å². The van der Waals surface area contributed by atoms with Gasteiger partial charge in [-0.25, -0.2) is 9.37 Å². The molecule has 0 aliphatic carbocycles. The van der Waals surface area contributed by atoms with Gasteiger partial charge in [0.05, 0.1) is 7.11 Å². The molecule has 22 heavy (non-hydrogen) atoms. The van der Waals surface area contributed by atoms with E-state index in [1.807, 2.05) is 0 Å². The molecule has 2 rings (SSSR count). The van der Waals surface area contributed by atoms with Crippen molar-refractivity contribution in [3.63, 3.8) is 0 Å². The Kier molecular flexibility index (Phi) is 5.07. The molecule has 1 heterocycles. The minimum absolute atomic E-state index is 0.0154. The van der Waals surface area contributed by atoms with Gasteiger partial charge >= 0.3 is 5.97 Å². The first-order valence-electron chi connectivity index (χ1n) is 6.26. The maximum Gasteiger partial charge on any atom is 0.325 e. The number of rotatable bonds is 6. The summed E-state index contributed by atoms with van der Waals surface area (Å²) in [6, 6.07) is 5.44. The molecule has 0 saturated carbocycles. The van der Waals surface area contributed by atoms with Crippen LogP contribution in [0.3, 0.4) is 0 Å². The zero-order chi connectivity index (χ0) is 15.9. The molecule has 0 aliphatic heterocycles. The van der Waals surface area contributed by atoms with Gasteiger partial charge in [-0.3, -0.25) is 9.59 Å². The summed E-state index contributed by atoms with van der Waals surface area (Å²) >= 11 is 0. The fourth-order valence-electron chi connectivity index (χ4n) is 1.47. The number of hydrogen-bond donors (Lipinski definition) is 1. The number of benzene rings is 1. The fourth-order valence-corrected chi connectivity index (χ4v) is 1.47. The third kappa shape index (κ3) is 4.30. The minimum atomic E-state index is -0.572. The van der Waals surface area contributed by atoms with Gasteiger partial charge in [0.25, 0.3) is 5.91 Å². The normalized spacial score (nSPS) is 10.1. The number of halogens is 1. The number of hydrogen-bond acceptors (Lipinski definition) is 6. The van der Waals surface area contributed by atoms with E-state index in [0.717, 1.165) is 6.26 Å². The standard InChI is InChI=1S/C14H13FN2O5/c1-20-13(18)6-16-14(19)11-7-22-12(17-11)8-21-10-4-2-9(15)3-5-10/h2-5,7H,6,8H2,1H3,(H,16,19). The number of nitrogens with zero attached hydrogens (tertiary/aromatic N) is 1. The topological polar surface area (TPSA) is 90.7 Å². The smallest absolute Gasteiger partial charge is 0.325 e. The summed E-state index contributed by atoms with van der Waals surface area (Å²) < 4.78 is 27.5. The lowest BCUT2D eigenvalue weighted by Gasteiger charge is -2.02. The SMILES string of the molecule is COC(=O)CNC(=O)c1coc(COc2ccc(F)cc2)n1. The molecular formula is C14H13FN2O5. The van der Waals surface area contributed by atoms with Crippen LogP contribution in [0, 0.1) is 5.82 Å². The second-order valence-corrected chi connectivity index (χ2v) is 4.13. The van der Waals surface area contributed by atoms with Gasteiger partial charge in [-0.1, -0.05) is 0 Å². The molecule has 0 spiro atoms. The average Bonchev–Trinajstić information content (AvgIpc) is 3.00. The molecule has 0 saturated heterocycles. The van der Waals surface area contributed by atoms with Gasteiger partial charge in [0, 0.05) is 0 Å². The van der Waals surface area contributed by atoms with Gasteiger partial charge in [0.1, 0.15) is 24.4 Å². The summed E-state index contributed by atoms with van der Waals surface area (Å²) in [4.78, 5) is 26.5. The lowest BCUT2D eigenvalue weighted by Crippen LogP contribution is -2.30. The van der Waals surface area contributed by atoms with Crippen molar-refractivity contribution >= 4 is 11.9 Å². The van der Waals surface area contributed by atoms with E-state index < -0.39 is 11.9 Å². The third-order valence-corrected chi connectivity index (χ3v) is 2.58. The Morgan fingerprint density at radius 3 is 2.73 bits per heavy atom. The molecule has 8 heteroatoms. The lowest BCUT2D eigenvalue weighted by molar-refractivity contribution is -0.139. The van der Waals surface area contributed by atoms with Crippen LogP contribution < -0.4 is 10.1 Å². The van der Waals surface area contributed by atoms with Gasteiger partial charge in [0.15, 0.2) is 12.3 Å². The Morgan fingerprint density at radius 1 is 1.32 bits per heavy atom. The van der Waals surface area contributed by atoms with Crippen LogP contribution in [-0.2, 0) is 16.1 Å². The molecule has 0 aliphatic rings. The molecule has 1 aromatic carbocycles. The minimum Gasteiger partial charge on any atom is -0.484 e. The summed E-state index contributed by atoms with van der Waals surface area (Å²) in [6.45, 7) is -0.278. The number of ether oxygens (including phenoxy) is 2. The van der Waals surface area contributed by atoms with Crippen LogP contribution in [0.4, 0.5) is 4.39 Å². The monoisotopic (exact) mass is 308 g/mol. The molecular weight excluding hydrogens is 295 g/mol. The van der Waals surface area contributed by atoms with Crippen LogP contribution in [0.1, 0.15) is 16.4 Å². The number of amides is 1. The van der Waals surface area contributed by atoms with Crippen molar-refractivity contribution in [1.82, 2.24) is 10.3 Å². The highest BCUT2D eigenvalue weighted by Crippen LogP contribution is 2.13. The number of carbonyl (C=O) groups is 2. The van der Waals surface area contributed by atoms with Gasteiger partial charge in [-0.2, -0.15) is 0 Å². The van der Waals surface area contributed by atoms with Crippen molar-refractivity contribution in [3.8, 4) is 5.75 Å². The molecule has 1 aromatic heterocycles. The van der Waals surface area contributed by atoms with E-state index in [4.69, 9.17) is 9.15 Å². The van der Waals surface area contributed by atoms with E-state index in [-0.39, 0.29) is 30.6 Å². The summed E-state index contributed by atoms with van der Waals surface area (Å²) in [6.07, 6.45) is 1.15. The van der Waals surface area contributed by atoms with Gasteiger partial charge in [-0.05, 0) is 24.3 Å². The van der Waals surface area contributed by atoms with Crippen molar-refractivity contribution in [2.45, 2.75) is 6.61 Å². The average molecular weight is 308 g/mol. The van der Waals surface area contributed by atoms with Gasteiger partial charge in [-0.15, -0.1) is 0 Å². The molecule has 0 fully saturated rings. The zero-order valence-corrected chi connectivity index (χ0v) is 11.7. The molecule has 7 nitrogen and oxygen atoms in total. The fraction of sp³-hybridized carbons (Fsp3) is 0.214. The van der Waals surface area contributed by atoms with Crippen LogP contribution in [0.25, 0.3) is 0 Å². The molecule has 0 unspecified atom stereocenters. The predicted molar refractivity (Wildman–Crippen MR) is 71.6 cm³/mol. The molecule has 1 amide bonds. The molecule has 1 N–H and O–H groups in total. The Bertz CT molecular complexity index is 654. The maximum atomic E-state index is 12.7. The summed E-state index contributed by atoms with van der Waals surface area (Å²) in [5, 5.41) is 2.32. The highest BCUT2D eigenvalue weighted by molar-refractivity contribution is 5.93. The Balaban J connectivity index is 1.86. The second-order valence-electron chi connectivity index (χ2n) is 4.13. The van der Waals surface area contributed by atoms with Crippen LogP contribution in [-0.4, -0.2) is 30.5 Å². The van der Waals surface area contributed by atoms with Crippen molar-refractivity contribution in [3.05, 3.63) is 47.9 Å². The van der Waals surface area contributed by atoms with Crippen molar-refractivity contribution in [2.75, 3.05) is 13.7 Å². The highest BCUT2D eigenvalue weighted by atomic mass is 19.1. The summed E-state index contributed by atoms with van der Waals surface area (Å²) in [5.74, 6) is -0.893. The number of methoxy groups -OCH3 is 1. The van der Waals surface area contributed by atoms with E-state index in [0.29, 0.717) is 5.75 Å². The second kappa shape index (κ2) is 7.21. The van der Waals surface area contributed by atoms with Crippen LogP contribution in [0.15, 0.2) is 34.9 Å². The molecule has 2 aromatic rings. The Labute approximate surface area is 125 Å². The third-order valence-electron chi connectivity index (χ3n) is 2.58.